The van der Waals surface area contributed by atoms with Gasteiger partial charge in [-0.25, -0.2) is 0 Å². The maximum Gasteiger partial charge on any atom is 0.254 e. The van der Waals surface area contributed by atoms with Gasteiger partial charge in [-0.15, -0.1) is 12.4 Å². The van der Waals surface area contributed by atoms with Gasteiger partial charge in [0.15, 0.2) is 0 Å². The highest BCUT2D eigenvalue weighted by atomic mass is 35.5. The molecule has 0 fully saturated rings. The van der Waals surface area contributed by atoms with E-state index in [1.807, 2.05) is 12.1 Å². The number of methoxy groups -OCH3 is 1. The Bertz CT molecular complexity index is 466. The summed E-state index contributed by atoms with van der Waals surface area (Å²) in [6.45, 7) is 1.61. The van der Waals surface area contributed by atoms with Gasteiger partial charge in [0.2, 0.25) is 5.91 Å². The summed E-state index contributed by atoms with van der Waals surface area (Å²) in [6, 6.07) is 7.06. The summed E-state index contributed by atoms with van der Waals surface area (Å²) in [4.78, 5) is 25.2. The Morgan fingerprint density at radius 1 is 1.27 bits per heavy atom. The Morgan fingerprint density at radius 3 is 2.45 bits per heavy atom. The van der Waals surface area contributed by atoms with Gasteiger partial charge in [-0.3, -0.25) is 9.59 Å². The summed E-state index contributed by atoms with van der Waals surface area (Å²) in [5.41, 5.74) is 7.02. The number of carbonyl (C=O) groups excluding carboxylic acids is 2. The van der Waals surface area contributed by atoms with Gasteiger partial charge in [0, 0.05) is 39.4 Å². The van der Waals surface area contributed by atoms with E-state index in [2.05, 4.69) is 5.32 Å². The first-order chi connectivity index (χ1) is 10.1. The smallest absolute Gasteiger partial charge is 0.254 e. The molecule has 6 nitrogen and oxygen atoms in total. The summed E-state index contributed by atoms with van der Waals surface area (Å²) >= 11 is 0. The number of benzene rings is 1. The van der Waals surface area contributed by atoms with E-state index >= 15 is 0 Å². The van der Waals surface area contributed by atoms with Crippen LogP contribution in [-0.4, -0.2) is 50.6 Å². The molecule has 1 rings (SSSR count). The second-order valence-electron chi connectivity index (χ2n) is 4.76. The molecule has 1 aromatic carbocycles. The summed E-state index contributed by atoms with van der Waals surface area (Å²) in [7, 11) is 3.22. The largest absolute Gasteiger partial charge is 0.385 e. The van der Waals surface area contributed by atoms with E-state index < -0.39 is 0 Å². The SMILES string of the molecule is COCCCNC(=O)CN(C)C(=O)c1ccc(CN)cc1.Cl. The first-order valence-corrected chi connectivity index (χ1v) is 6.88. The maximum atomic E-state index is 12.2. The summed E-state index contributed by atoms with van der Waals surface area (Å²) in [5.74, 6) is -0.369. The van der Waals surface area contributed by atoms with E-state index in [1.54, 1.807) is 26.3 Å². The lowest BCUT2D eigenvalue weighted by atomic mass is 10.1. The van der Waals surface area contributed by atoms with Crippen molar-refractivity contribution in [3.05, 3.63) is 35.4 Å². The number of halogens is 1. The Balaban J connectivity index is 0.00000441. The second kappa shape index (κ2) is 11.0. The number of rotatable bonds is 8. The molecule has 0 aromatic heterocycles. The van der Waals surface area contributed by atoms with Gasteiger partial charge in [0.25, 0.3) is 5.91 Å². The van der Waals surface area contributed by atoms with Crippen LogP contribution in [0.2, 0.25) is 0 Å². The Hall–Kier alpha value is -1.63. The van der Waals surface area contributed by atoms with Crippen molar-refractivity contribution >= 4 is 24.2 Å². The van der Waals surface area contributed by atoms with Gasteiger partial charge in [0.1, 0.15) is 0 Å². The molecule has 22 heavy (non-hydrogen) atoms. The molecule has 3 N–H and O–H groups in total. The molecular formula is C15H24ClN3O3. The van der Waals surface area contributed by atoms with Crippen LogP contribution in [0.4, 0.5) is 0 Å². The molecule has 0 heterocycles. The van der Waals surface area contributed by atoms with E-state index in [9.17, 15) is 9.59 Å². The number of nitrogens with zero attached hydrogens (tertiary/aromatic N) is 1. The standard InChI is InChI=1S/C15H23N3O3.ClH/c1-18(11-14(19)17-8-3-9-21-2)15(20)13-6-4-12(10-16)5-7-13;/h4-7H,3,8-11,16H2,1-2H3,(H,17,19);1H. The molecule has 0 radical (unpaired) electrons. The third-order valence-corrected chi connectivity index (χ3v) is 3.01. The van der Waals surface area contributed by atoms with Crippen LogP contribution < -0.4 is 11.1 Å². The second-order valence-corrected chi connectivity index (χ2v) is 4.76. The first kappa shape index (κ1) is 20.4. The lowest BCUT2D eigenvalue weighted by Gasteiger charge is -2.17. The lowest BCUT2D eigenvalue weighted by Crippen LogP contribution is -2.38. The minimum atomic E-state index is -0.189. The molecule has 0 spiro atoms. The Kier molecular flexibility index (Phi) is 10.2. The number of amides is 2. The quantitative estimate of drug-likeness (QED) is 0.691. The van der Waals surface area contributed by atoms with Crippen LogP contribution >= 0.6 is 12.4 Å². The topological polar surface area (TPSA) is 84.7 Å². The van der Waals surface area contributed by atoms with Crippen molar-refractivity contribution in [3.63, 3.8) is 0 Å². The predicted octanol–water partition coefficient (Wildman–Crippen LogP) is 0.792. The molecule has 0 saturated heterocycles. The van der Waals surface area contributed by atoms with E-state index in [-0.39, 0.29) is 30.8 Å². The highest BCUT2D eigenvalue weighted by Crippen LogP contribution is 2.06. The number of carbonyl (C=O) groups is 2. The first-order valence-electron chi connectivity index (χ1n) is 6.88. The number of likely N-dealkylation sites (N-methyl/N-ethyl adjacent to an activating group) is 1. The molecule has 0 saturated carbocycles. The zero-order chi connectivity index (χ0) is 15.7. The molecule has 7 heteroatoms. The molecular weight excluding hydrogens is 306 g/mol. The van der Waals surface area contributed by atoms with E-state index in [1.165, 1.54) is 4.90 Å². The van der Waals surface area contributed by atoms with Crippen molar-refractivity contribution in [1.29, 1.82) is 0 Å². The van der Waals surface area contributed by atoms with Crippen molar-refractivity contribution in [2.45, 2.75) is 13.0 Å². The average Bonchev–Trinajstić information content (AvgIpc) is 2.51. The van der Waals surface area contributed by atoms with E-state index in [4.69, 9.17) is 10.5 Å². The third-order valence-electron chi connectivity index (χ3n) is 3.01. The van der Waals surface area contributed by atoms with Crippen molar-refractivity contribution in [2.24, 2.45) is 5.73 Å². The van der Waals surface area contributed by atoms with Gasteiger partial charge in [0.05, 0.1) is 6.54 Å². The predicted molar refractivity (Wildman–Crippen MR) is 88.0 cm³/mol. The van der Waals surface area contributed by atoms with Crippen LogP contribution in [0.15, 0.2) is 24.3 Å². The zero-order valence-corrected chi connectivity index (χ0v) is 13.8. The molecule has 0 atom stereocenters. The van der Waals surface area contributed by atoms with E-state index in [0.29, 0.717) is 25.3 Å². The Labute approximate surface area is 137 Å². The number of ether oxygens (including phenoxy) is 1. The fourth-order valence-electron chi connectivity index (χ4n) is 1.79. The maximum absolute atomic E-state index is 12.2. The fraction of sp³-hybridized carbons (Fsp3) is 0.467. The molecule has 124 valence electrons. The van der Waals surface area contributed by atoms with Crippen LogP contribution in [0, 0.1) is 0 Å². The van der Waals surface area contributed by atoms with Gasteiger partial charge < -0.3 is 20.7 Å². The summed E-state index contributed by atoms with van der Waals surface area (Å²) in [5, 5.41) is 2.74. The molecule has 2 amide bonds. The molecule has 0 unspecified atom stereocenters. The van der Waals surface area contributed by atoms with Gasteiger partial charge >= 0.3 is 0 Å². The fourth-order valence-corrected chi connectivity index (χ4v) is 1.79. The van der Waals surface area contributed by atoms with Crippen LogP contribution in [0.1, 0.15) is 22.3 Å². The van der Waals surface area contributed by atoms with Crippen molar-refractivity contribution in [1.82, 2.24) is 10.2 Å². The minimum absolute atomic E-state index is 0. The number of hydrogen-bond acceptors (Lipinski definition) is 4. The Morgan fingerprint density at radius 2 is 1.91 bits per heavy atom. The lowest BCUT2D eigenvalue weighted by molar-refractivity contribution is -0.121. The van der Waals surface area contributed by atoms with Gasteiger partial charge in [-0.1, -0.05) is 12.1 Å². The van der Waals surface area contributed by atoms with Crippen LogP contribution in [0.5, 0.6) is 0 Å². The van der Waals surface area contributed by atoms with Crippen molar-refractivity contribution in [3.8, 4) is 0 Å². The van der Waals surface area contributed by atoms with Crippen LogP contribution in [-0.2, 0) is 16.1 Å². The van der Waals surface area contributed by atoms with Crippen molar-refractivity contribution in [2.75, 3.05) is 33.9 Å². The molecule has 0 aliphatic rings. The zero-order valence-electron chi connectivity index (χ0n) is 13.0. The molecule has 0 aliphatic heterocycles. The van der Waals surface area contributed by atoms with Crippen molar-refractivity contribution < 1.29 is 14.3 Å². The van der Waals surface area contributed by atoms with E-state index in [0.717, 1.165) is 12.0 Å². The normalized spacial score (nSPS) is 9.77. The third kappa shape index (κ3) is 6.89. The molecule has 0 bridgehead atoms. The summed E-state index contributed by atoms with van der Waals surface area (Å²) < 4.78 is 4.89. The van der Waals surface area contributed by atoms with Gasteiger partial charge in [-0.2, -0.15) is 0 Å². The highest BCUT2D eigenvalue weighted by Gasteiger charge is 2.14. The summed E-state index contributed by atoms with van der Waals surface area (Å²) in [6.07, 6.45) is 0.750. The highest BCUT2D eigenvalue weighted by molar-refractivity contribution is 5.96. The molecule has 1 aromatic rings. The average molecular weight is 330 g/mol. The van der Waals surface area contributed by atoms with Gasteiger partial charge in [-0.05, 0) is 24.1 Å². The van der Waals surface area contributed by atoms with Crippen LogP contribution in [0.25, 0.3) is 0 Å². The number of nitrogens with one attached hydrogen (secondary N) is 1. The van der Waals surface area contributed by atoms with Crippen LogP contribution in [0.3, 0.4) is 0 Å². The monoisotopic (exact) mass is 329 g/mol. The number of nitrogens with two attached hydrogens (primary N) is 1. The molecule has 0 aliphatic carbocycles. The minimum Gasteiger partial charge on any atom is -0.385 e. The number of hydrogen-bond donors (Lipinski definition) is 2.